The summed E-state index contributed by atoms with van der Waals surface area (Å²) in [5, 5.41) is 10.0. The summed E-state index contributed by atoms with van der Waals surface area (Å²) in [6.07, 6.45) is 0.909. The number of hydrogen-bond donors (Lipinski definition) is 2. The lowest BCUT2D eigenvalue weighted by Gasteiger charge is -2.21. The predicted octanol–water partition coefficient (Wildman–Crippen LogP) is 3.23. The predicted molar refractivity (Wildman–Crippen MR) is 133 cm³/mol. The highest BCUT2D eigenvalue weighted by Crippen LogP contribution is 2.18. The van der Waals surface area contributed by atoms with Crippen LogP contribution in [0.2, 0.25) is 0 Å². The maximum atomic E-state index is 13.2. The highest BCUT2D eigenvalue weighted by Gasteiger charge is 2.26. The van der Waals surface area contributed by atoms with Crippen LogP contribution in [0.3, 0.4) is 0 Å². The molecule has 4 rings (SSSR count). The highest BCUT2D eigenvalue weighted by atomic mass is 16.2. The molecule has 0 aliphatic carbocycles. The van der Waals surface area contributed by atoms with E-state index in [2.05, 4.69) is 15.7 Å². The van der Waals surface area contributed by atoms with Crippen molar-refractivity contribution in [3.63, 3.8) is 0 Å². The van der Waals surface area contributed by atoms with Crippen LogP contribution in [0.25, 0.3) is 0 Å². The quantitative estimate of drug-likeness (QED) is 0.525. The third-order valence-corrected chi connectivity index (χ3v) is 6.25. The van der Waals surface area contributed by atoms with Gasteiger partial charge >= 0.3 is 0 Å². The van der Waals surface area contributed by atoms with Crippen molar-refractivity contribution in [1.82, 2.24) is 25.3 Å². The van der Waals surface area contributed by atoms with E-state index in [0.29, 0.717) is 25.3 Å². The summed E-state index contributed by atoms with van der Waals surface area (Å²) in [7, 11) is 0. The summed E-state index contributed by atoms with van der Waals surface area (Å²) in [6.45, 7) is 5.86. The van der Waals surface area contributed by atoms with Gasteiger partial charge in [0.2, 0.25) is 5.91 Å². The Labute approximate surface area is 205 Å². The molecule has 182 valence electrons. The molecule has 0 bridgehead atoms. The fourth-order valence-electron chi connectivity index (χ4n) is 4.21. The molecule has 3 amide bonds. The minimum absolute atomic E-state index is 0.114. The lowest BCUT2D eigenvalue weighted by atomic mass is 10.1. The lowest BCUT2D eigenvalue weighted by Crippen LogP contribution is -2.32. The smallest absolute Gasteiger partial charge is 0.272 e. The maximum absolute atomic E-state index is 13.2. The monoisotopic (exact) mass is 473 g/mol. The van der Waals surface area contributed by atoms with Gasteiger partial charge in [0.15, 0.2) is 5.69 Å². The van der Waals surface area contributed by atoms with Gasteiger partial charge in [0.25, 0.3) is 11.8 Å². The van der Waals surface area contributed by atoms with Gasteiger partial charge in [-0.25, -0.2) is 0 Å². The SMILES string of the molecule is Cc1ccccc1CN1CCCn2nc(C(=O)NCCC(=O)NC(C)c3ccccc3)cc2C1=O. The van der Waals surface area contributed by atoms with Crippen LogP contribution < -0.4 is 10.6 Å². The Morgan fingerprint density at radius 1 is 1.06 bits per heavy atom. The molecule has 3 aromatic rings. The number of hydrogen-bond acceptors (Lipinski definition) is 4. The number of nitrogens with zero attached hydrogens (tertiary/aromatic N) is 3. The molecule has 0 saturated heterocycles. The van der Waals surface area contributed by atoms with Gasteiger partial charge in [-0.05, 0) is 37.0 Å². The Balaban J connectivity index is 1.32. The number of carbonyl (C=O) groups excluding carboxylic acids is 3. The number of amides is 3. The normalized spacial score (nSPS) is 14.1. The highest BCUT2D eigenvalue weighted by molar-refractivity contribution is 5.98. The van der Waals surface area contributed by atoms with Crippen molar-refractivity contribution in [1.29, 1.82) is 0 Å². The molecule has 0 spiro atoms. The van der Waals surface area contributed by atoms with E-state index in [4.69, 9.17) is 0 Å². The van der Waals surface area contributed by atoms with Crippen LogP contribution in [0, 0.1) is 6.92 Å². The summed E-state index contributed by atoms with van der Waals surface area (Å²) in [5.41, 5.74) is 3.86. The van der Waals surface area contributed by atoms with E-state index in [9.17, 15) is 14.4 Å². The van der Waals surface area contributed by atoms with E-state index in [-0.39, 0.29) is 36.5 Å². The second-order valence-electron chi connectivity index (χ2n) is 8.85. The second kappa shape index (κ2) is 11.0. The molecule has 1 atom stereocenters. The van der Waals surface area contributed by atoms with Gasteiger partial charge in [-0.1, -0.05) is 54.6 Å². The van der Waals surface area contributed by atoms with Crippen LogP contribution in [0.15, 0.2) is 60.7 Å². The minimum atomic E-state index is -0.396. The maximum Gasteiger partial charge on any atom is 0.272 e. The van der Waals surface area contributed by atoms with Crippen LogP contribution in [-0.4, -0.2) is 45.5 Å². The molecule has 2 heterocycles. The molecular weight excluding hydrogens is 442 g/mol. The van der Waals surface area contributed by atoms with Crippen LogP contribution in [0.4, 0.5) is 0 Å². The number of fused-ring (bicyclic) bond motifs is 1. The van der Waals surface area contributed by atoms with Crippen molar-refractivity contribution in [2.45, 2.75) is 45.8 Å². The van der Waals surface area contributed by atoms with E-state index in [0.717, 1.165) is 23.1 Å². The largest absolute Gasteiger partial charge is 0.350 e. The van der Waals surface area contributed by atoms with Crippen LogP contribution in [0.1, 0.15) is 63.5 Å². The molecule has 1 aliphatic rings. The zero-order valence-corrected chi connectivity index (χ0v) is 20.2. The van der Waals surface area contributed by atoms with E-state index in [1.807, 2.05) is 73.3 Å². The molecule has 8 heteroatoms. The summed E-state index contributed by atoms with van der Waals surface area (Å²) in [5.74, 6) is -0.677. The van der Waals surface area contributed by atoms with Gasteiger partial charge in [-0.2, -0.15) is 5.10 Å². The van der Waals surface area contributed by atoms with Crippen LogP contribution in [-0.2, 0) is 17.9 Å². The van der Waals surface area contributed by atoms with Crippen molar-refractivity contribution in [3.05, 3.63) is 88.7 Å². The minimum Gasteiger partial charge on any atom is -0.350 e. The van der Waals surface area contributed by atoms with Gasteiger partial charge in [0.1, 0.15) is 5.69 Å². The van der Waals surface area contributed by atoms with Crippen molar-refractivity contribution in [2.24, 2.45) is 0 Å². The molecule has 0 saturated carbocycles. The van der Waals surface area contributed by atoms with Gasteiger partial charge in [0, 0.05) is 38.7 Å². The molecule has 1 unspecified atom stereocenters. The van der Waals surface area contributed by atoms with Crippen molar-refractivity contribution in [2.75, 3.05) is 13.1 Å². The lowest BCUT2D eigenvalue weighted by molar-refractivity contribution is -0.121. The van der Waals surface area contributed by atoms with Crippen molar-refractivity contribution in [3.8, 4) is 0 Å². The second-order valence-corrected chi connectivity index (χ2v) is 8.85. The molecule has 2 aromatic carbocycles. The van der Waals surface area contributed by atoms with Gasteiger partial charge < -0.3 is 15.5 Å². The van der Waals surface area contributed by atoms with Gasteiger partial charge in [-0.3, -0.25) is 19.1 Å². The third-order valence-electron chi connectivity index (χ3n) is 6.25. The summed E-state index contributed by atoms with van der Waals surface area (Å²) >= 11 is 0. The standard InChI is InChI=1S/C27H31N5O3/c1-19-9-6-7-12-22(19)18-31-15-8-16-32-24(27(31)35)17-23(30-32)26(34)28-14-13-25(33)29-20(2)21-10-4-3-5-11-21/h3-7,9-12,17,20H,8,13-16,18H2,1-2H3,(H,28,34)(H,29,33). The zero-order chi connectivity index (χ0) is 24.8. The molecule has 1 aromatic heterocycles. The Kier molecular flexibility index (Phi) is 7.60. The van der Waals surface area contributed by atoms with E-state index >= 15 is 0 Å². The summed E-state index contributed by atoms with van der Waals surface area (Å²) < 4.78 is 1.61. The zero-order valence-electron chi connectivity index (χ0n) is 20.2. The van der Waals surface area contributed by atoms with Crippen LogP contribution in [0.5, 0.6) is 0 Å². The van der Waals surface area contributed by atoms with Crippen molar-refractivity contribution >= 4 is 17.7 Å². The summed E-state index contributed by atoms with van der Waals surface area (Å²) in [4.78, 5) is 39.9. The fraction of sp³-hybridized carbons (Fsp3) is 0.333. The Morgan fingerprint density at radius 3 is 2.57 bits per heavy atom. The average Bonchev–Trinajstić information content (AvgIpc) is 3.23. The first kappa shape index (κ1) is 24.2. The number of benzene rings is 2. The van der Waals surface area contributed by atoms with Crippen molar-refractivity contribution < 1.29 is 14.4 Å². The molecule has 0 radical (unpaired) electrons. The average molecular weight is 474 g/mol. The molecule has 1 aliphatic heterocycles. The molecule has 0 fully saturated rings. The topological polar surface area (TPSA) is 96.3 Å². The van der Waals surface area contributed by atoms with E-state index in [1.165, 1.54) is 0 Å². The van der Waals surface area contributed by atoms with E-state index in [1.54, 1.807) is 10.7 Å². The summed E-state index contributed by atoms with van der Waals surface area (Å²) in [6, 6.07) is 19.1. The first-order valence-electron chi connectivity index (χ1n) is 12.0. The Morgan fingerprint density at radius 2 is 1.80 bits per heavy atom. The molecule has 2 N–H and O–H groups in total. The number of aromatic nitrogens is 2. The van der Waals surface area contributed by atoms with Gasteiger partial charge in [-0.15, -0.1) is 0 Å². The Hall–Kier alpha value is -3.94. The molecule has 35 heavy (non-hydrogen) atoms. The number of carbonyl (C=O) groups is 3. The van der Waals surface area contributed by atoms with E-state index < -0.39 is 5.91 Å². The molecular formula is C27H31N5O3. The number of aryl methyl sites for hydroxylation is 2. The first-order chi connectivity index (χ1) is 16.9. The van der Waals surface area contributed by atoms with Gasteiger partial charge in [0.05, 0.1) is 6.04 Å². The number of nitrogens with one attached hydrogen (secondary N) is 2. The Bertz CT molecular complexity index is 1200. The molecule has 8 nitrogen and oxygen atoms in total. The van der Waals surface area contributed by atoms with Crippen LogP contribution >= 0.6 is 0 Å². The first-order valence-corrected chi connectivity index (χ1v) is 12.0. The number of rotatable bonds is 8. The third kappa shape index (κ3) is 5.95. The fourth-order valence-corrected chi connectivity index (χ4v) is 4.21.